The number of hydrogen-bond donors (Lipinski definition) is 4. The number of nitrogens with one attached hydrogen (secondary N) is 1. The third kappa shape index (κ3) is 10.4. The lowest BCUT2D eigenvalue weighted by Gasteiger charge is -2.19. The van der Waals surface area contributed by atoms with E-state index < -0.39 is 11.7 Å². The van der Waals surface area contributed by atoms with E-state index in [4.69, 9.17) is 20.3 Å². The highest BCUT2D eigenvalue weighted by Crippen LogP contribution is 2.48. The smallest absolute Gasteiger partial charge is 0.407 e. The number of ether oxygens (including phenoxy) is 2. The lowest BCUT2D eigenvalue weighted by molar-refractivity contribution is -0.385. The number of rotatable bonds is 9. The molecule has 2 aliphatic carbocycles. The van der Waals surface area contributed by atoms with E-state index in [9.17, 15) is 30.1 Å². The Labute approximate surface area is 358 Å². The highest BCUT2D eigenvalue weighted by atomic mass is 16.6. The van der Waals surface area contributed by atoms with Crippen LogP contribution in [0.25, 0.3) is 45.6 Å². The van der Waals surface area contributed by atoms with Crippen molar-refractivity contribution in [3.63, 3.8) is 0 Å². The second kappa shape index (κ2) is 19.6. The maximum atomic E-state index is 11.3. The molecule has 13 nitrogen and oxygen atoms in total. The monoisotopic (exact) mass is 834 g/mol. The summed E-state index contributed by atoms with van der Waals surface area (Å²) in [4.78, 5) is 32.4. The molecule has 6 aromatic carbocycles. The number of aliphatic hydroxyl groups excluding tert-OH is 1. The Kier molecular flexibility index (Phi) is 13.9. The summed E-state index contributed by atoms with van der Waals surface area (Å²) < 4.78 is 10.6. The minimum Gasteiger partial charge on any atom is -0.507 e. The summed E-state index contributed by atoms with van der Waals surface area (Å²) in [6.45, 7) is 6.37. The van der Waals surface area contributed by atoms with Crippen LogP contribution >= 0.6 is 0 Å². The number of nitro benzene ring substituents is 2. The summed E-state index contributed by atoms with van der Waals surface area (Å²) in [7, 11) is 0. The molecule has 0 fully saturated rings. The van der Waals surface area contributed by atoms with Gasteiger partial charge < -0.3 is 30.7 Å². The van der Waals surface area contributed by atoms with Gasteiger partial charge in [-0.25, -0.2) is 4.79 Å². The molecule has 13 heteroatoms. The summed E-state index contributed by atoms with van der Waals surface area (Å²) in [5, 5.41) is 43.2. The molecule has 0 spiro atoms. The minimum atomic E-state index is -0.494. The predicted molar refractivity (Wildman–Crippen MR) is 241 cm³/mol. The van der Waals surface area contributed by atoms with Crippen molar-refractivity contribution in [2.45, 2.75) is 26.4 Å². The van der Waals surface area contributed by atoms with Gasteiger partial charge in [0.15, 0.2) is 0 Å². The number of nitrogens with two attached hydrogens (primary N) is 1. The van der Waals surface area contributed by atoms with Crippen LogP contribution in [0.2, 0.25) is 0 Å². The number of aliphatic hydroxyl groups is 1. The van der Waals surface area contributed by atoms with Crippen molar-refractivity contribution in [1.82, 2.24) is 5.32 Å². The van der Waals surface area contributed by atoms with Crippen LogP contribution in [0.5, 0.6) is 11.5 Å². The predicted octanol–water partition coefficient (Wildman–Crippen LogP) is 9.87. The van der Waals surface area contributed by atoms with Gasteiger partial charge in [-0.3, -0.25) is 20.2 Å². The average molecular weight is 835 g/mol. The third-order valence-corrected chi connectivity index (χ3v) is 9.63. The number of hydrogen-bond acceptors (Lipinski definition) is 10. The number of fused-ring (bicyclic) bond motifs is 6. The van der Waals surface area contributed by atoms with Crippen molar-refractivity contribution in [2.24, 2.45) is 5.73 Å². The van der Waals surface area contributed by atoms with Crippen molar-refractivity contribution in [1.29, 1.82) is 0 Å². The van der Waals surface area contributed by atoms with Gasteiger partial charge in [-0.05, 0) is 113 Å². The number of para-hydroxylation sites is 2. The van der Waals surface area contributed by atoms with Gasteiger partial charge in [-0.1, -0.05) is 84.9 Å². The zero-order valence-electron chi connectivity index (χ0n) is 34.4. The number of aromatic hydroxyl groups is 1. The number of carbonyl (C=O) groups is 1. The van der Waals surface area contributed by atoms with Gasteiger partial charge in [0, 0.05) is 48.5 Å². The number of nitro groups is 2. The van der Waals surface area contributed by atoms with Crippen LogP contribution in [0.1, 0.15) is 54.2 Å². The molecular weight excluding hydrogens is 789 g/mol. The molecule has 1 amide bonds. The van der Waals surface area contributed by atoms with E-state index in [0.717, 1.165) is 67.0 Å². The lowest BCUT2D eigenvalue weighted by Crippen LogP contribution is -2.33. The minimum absolute atomic E-state index is 0.0599. The second-order valence-corrected chi connectivity index (χ2v) is 15.1. The zero-order chi connectivity index (χ0) is 44.4. The highest BCUT2D eigenvalue weighted by molar-refractivity contribution is 6.08. The van der Waals surface area contributed by atoms with Crippen molar-refractivity contribution < 1.29 is 34.3 Å². The fourth-order valence-corrected chi connectivity index (χ4v) is 7.01. The zero-order valence-corrected chi connectivity index (χ0v) is 34.4. The summed E-state index contributed by atoms with van der Waals surface area (Å²) in [5.41, 5.74) is 16.5. The molecule has 0 aliphatic heterocycles. The molecule has 0 saturated heterocycles. The van der Waals surface area contributed by atoms with Crippen LogP contribution in [0.15, 0.2) is 133 Å². The Bertz CT molecular complexity index is 2680. The van der Waals surface area contributed by atoms with Crippen LogP contribution in [-0.4, -0.2) is 58.1 Å². The molecule has 0 heterocycles. The number of benzene rings is 6. The summed E-state index contributed by atoms with van der Waals surface area (Å²) in [6.07, 6.45) is 3.41. The molecule has 0 saturated carbocycles. The van der Waals surface area contributed by atoms with Gasteiger partial charge in [0.25, 0.3) is 11.4 Å². The van der Waals surface area contributed by atoms with Crippen LogP contribution in [0.4, 0.5) is 16.2 Å². The van der Waals surface area contributed by atoms with Crippen molar-refractivity contribution >= 4 is 40.8 Å². The van der Waals surface area contributed by atoms with E-state index >= 15 is 0 Å². The summed E-state index contributed by atoms with van der Waals surface area (Å²) >= 11 is 0. The molecule has 0 bridgehead atoms. The lowest BCUT2D eigenvalue weighted by atomic mass is 10.0. The fraction of sp³-hybridized carbons (Fsp3) is 0.163. The number of non-ortho nitro benzene ring substituents is 2. The van der Waals surface area contributed by atoms with Crippen molar-refractivity contribution in [3.05, 3.63) is 187 Å². The van der Waals surface area contributed by atoms with Crippen LogP contribution in [0, 0.1) is 20.2 Å². The molecule has 0 unspecified atom stereocenters. The van der Waals surface area contributed by atoms with Crippen LogP contribution < -0.4 is 15.8 Å². The van der Waals surface area contributed by atoms with Gasteiger partial charge >= 0.3 is 6.09 Å². The first-order chi connectivity index (χ1) is 29.8. The summed E-state index contributed by atoms with van der Waals surface area (Å²) in [6, 6.07) is 40.6. The van der Waals surface area contributed by atoms with Gasteiger partial charge in [0.2, 0.25) is 0 Å². The number of amides is 1. The Morgan fingerprint density at radius 2 is 1.11 bits per heavy atom. The number of nitrogens with zero attached hydrogens (tertiary/aromatic N) is 2. The highest BCUT2D eigenvalue weighted by Gasteiger charge is 2.27. The van der Waals surface area contributed by atoms with E-state index in [2.05, 4.69) is 5.32 Å². The Morgan fingerprint density at radius 1 is 0.661 bits per heavy atom. The number of alkyl carbamates (subject to hydrolysis) is 1. The van der Waals surface area contributed by atoms with Gasteiger partial charge in [0.05, 0.1) is 16.5 Å². The standard InChI is InChI=1S/C22H18N2O3.C20H13NO3.C7H15NO3/c23-11-12-27-22-8-4-1-5-15(22)13-20-18-7-3-2-6-17(18)19-10-9-16(24(25)26)14-21(19)20;22-20-8-4-1-5-13(20)11-18-16-7-3-2-6-15(16)17-10-9-14(21(23)24)12-19(17)18;1-7(2,3)11-6(10)8-4-5-9/h1-10,13-14H,11-12,23H2;1-12,22H;9H,4-5H2,1-3H3,(H,8,10). The van der Waals surface area contributed by atoms with Gasteiger partial charge in [0.1, 0.15) is 23.7 Å². The SMILES string of the molecule is CC(C)(C)OC(=O)NCCO.NCCOc1ccccc1C=C1c2ccccc2-c2ccc([N+](=O)[O-])cc21.O=[N+]([O-])c1ccc2c(c1)C(=Cc1ccccc1O)c1ccccc1-2. The van der Waals surface area contributed by atoms with Crippen LogP contribution in [0.3, 0.4) is 0 Å². The Balaban J connectivity index is 0.000000169. The maximum absolute atomic E-state index is 11.3. The normalized spacial score (nSPS) is 13.0. The molecule has 0 radical (unpaired) electrons. The molecule has 5 N–H and O–H groups in total. The van der Waals surface area contributed by atoms with Crippen molar-refractivity contribution in [2.75, 3.05) is 26.3 Å². The van der Waals surface area contributed by atoms with E-state index in [-0.39, 0.29) is 40.1 Å². The number of carbonyl (C=O) groups excluding carboxylic acids is 1. The molecular formula is C49H46N4O9. The molecule has 2 aliphatic rings. The van der Waals surface area contributed by atoms with Gasteiger partial charge in [-0.2, -0.15) is 0 Å². The fourth-order valence-electron chi connectivity index (χ4n) is 7.01. The molecule has 8 rings (SSSR count). The summed E-state index contributed by atoms with van der Waals surface area (Å²) in [5.74, 6) is 0.924. The number of phenolic OH excluding ortho intramolecular Hbond substituents is 1. The first kappa shape index (κ1) is 44.0. The molecule has 62 heavy (non-hydrogen) atoms. The Hall–Kier alpha value is -7.61. The van der Waals surface area contributed by atoms with E-state index in [1.807, 2.05) is 103 Å². The Morgan fingerprint density at radius 3 is 1.60 bits per heavy atom. The van der Waals surface area contributed by atoms with Crippen LogP contribution in [-0.2, 0) is 4.74 Å². The first-order valence-corrected chi connectivity index (χ1v) is 19.8. The first-order valence-electron chi connectivity index (χ1n) is 19.8. The van der Waals surface area contributed by atoms with E-state index in [1.54, 1.807) is 57.2 Å². The quantitative estimate of drug-likeness (QED) is 0.0801. The number of phenols is 1. The third-order valence-electron chi connectivity index (χ3n) is 9.63. The molecule has 0 aromatic heterocycles. The molecule has 0 atom stereocenters. The largest absolute Gasteiger partial charge is 0.507 e. The van der Waals surface area contributed by atoms with Crippen molar-refractivity contribution in [3.8, 4) is 33.8 Å². The topological polar surface area (TPSA) is 200 Å². The molecule has 316 valence electrons. The van der Waals surface area contributed by atoms with E-state index in [1.165, 1.54) is 6.07 Å². The second-order valence-electron chi connectivity index (χ2n) is 15.1. The maximum Gasteiger partial charge on any atom is 0.407 e. The van der Waals surface area contributed by atoms with Gasteiger partial charge in [-0.15, -0.1) is 0 Å². The average Bonchev–Trinajstić information content (AvgIpc) is 3.74. The molecule has 6 aromatic rings. The van der Waals surface area contributed by atoms with E-state index in [0.29, 0.717) is 18.7 Å².